The highest BCUT2D eigenvalue weighted by atomic mass is 16.4. The van der Waals surface area contributed by atoms with Gasteiger partial charge >= 0.3 is 0 Å². The topological polar surface area (TPSA) is 112 Å². The van der Waals surface area contributed by atoms with Gasteiger partial charge in [0.25, 0.3) is 0 Å². The Kier molecular flexibility index (Phi) is 44.3. The highest BCUT2D eigenvalue weighted by Crippen LogP contribution is 2.32. The number of carbonyl (C=O) groups excluding carboxylic acids is 3. The molecule has 0 fully saturated rings. The number of aliphatic hydroxyl groups is 3. The number of allylic oxidation sites excluding steroid dienone is 4. The first-order valence-corrected chi connectivity index (χ1v) is 27.7. The number of hydrogen-bond acceptors (Lipinski definition) is 6. The van der Waals surface area contributed by atoms with Crippen LogP contribution in [-0.2, 0) is 14.4 Å². The lowest BCUT2D eigenvalue weighted by atomic mass is 9.71. The second-order valence-electron chi connectivity index (χ2n) is 19.4. The summed E-state index contributed by atoms with van der Waals surface area (Å²) in [7, 11) is 0. The number of carbonyl (C=O) groups is 3. The van der Waals surface area contributed by atoms with E-state index < -0.39 is 35.2 Å². The summed E-state index contributed by atoms with van der Waals surface area (Å²) in [5.41, 5.74) is -5.76. The lowest BCUT2D eigenvalue weighted by Crippen LogP contribution is -2.69. The highest BCUT2D eigenvalue weighted by molar-refractivity contribution is 6.16. The van der Waals surface area contributed by atoms with Crippen molar-refractivity contribution >= 4 is 17.3 Å². The molecule has 0 aromatic carbocycles. The van der Waals surface area contributed by atoms with Gasteiger partial charge < -0.3 is 15.3 Å². The molecule has 0 aliphatic heterocycles. The first-order valence-electron chi connectivity index (χ1n) is 27.7. The Bertz CT molecular complexity index is 1050. The minimum Gasteiger partial charge on any atom is -0.393 e. The van der Waals surface area contributed by atoms with E-state index in [0.717, 1.165) is 83.5 Å². The van der Waals surface area contributed by atoms with Gasteiger partial charge in [-0.1, -0.05) is 257 Å². The summed E-state index contributed by atoms with van der Waals surface area (Å²) in [5.74, 6) is -2.46. The molecule has 0 rings (SSSR count). The van der Waals surface area contributed by atoms with Gasteiger partial charge in [-0.05, 0) is 51.4 Å². The van der Waals surface area contributed by atoms with Crippen LogP contribution in [0.5, 0.6) is 0 Å². The third kappa shape index (κ3) is 32.7. The molecule has 0 radical (unpaired) electrons. The van der Waals surface area contributed by atoms with E-state index in [4.69, 9.17) is 0 Å². The van der Waals surface area contributed by atoms with Crippen LogP contribution in [0.25, 0.3) is 0 Å². The van der Waals surface area contributed by atoms with E-state index in [1.54, 1.807) is 0 Å². The summed E-state index contributed by atoms with van der Waals surface area (Å²) in [6, 6.07) is 0. The van der Waals surface area contributed by atoms with Gasteiger partial charge in [-0.3, -0.25) is 14.4 Å². The smallest absolute Gasteiger partial charge is 0.219 e. The first-order chi connectivity index (χ1) is 30.8. The standard InChI is InChI=1S/C57H106O6/c1-4-7-10-13-16-19-22-25-28-31-34-37-40-43-46-49-53(59)56(62,52-58)57(63,54(60)50-47-44-41-38-35-32-29-26-23-20-17-14-11-8-5-2)55(61)51-48-45-42-39-36-33-30-27-24-21-18-15-12-9-6-3/h16,19,25,28,58,62-63H,4-15,17-18,20-24,26-27,29-52H2,1-3H3. The van der Waals surface area contributed by atoms with Crippen molar-refractivity contribution in [3.05, 3.63) is 24.3 Å². The number of ketones is 3. The molecule has 63 heavy (non-hydrogen) atoms. The molecule has 0 spiro atoms. The van der Waals surface area contributed by atoms with Crippen molar-refractivity contribution in [1.29, 1.82) is 0 Å². The van der Waals surface area contributed by atoms with Crippen LogP contribution in [0.2, 0.25) is 0 Å². The second-order valence-corrected chi connectivity index (χ2v) is 19.4. The third-order valence-corrected chi connectivity index (χ3v) is 13.5. The van der Waals surface area contributed by atoms with Gasteiger partial charge in [0.2, 0.25) is 5.60 Å². The summed E-state index contributed by atoms with van der Waals surface area (Å²) in [6.07, 6.45) is 55.2. The van der Waals surface area contributed by atoms with Gasteiger partial charge in [-0.15, -0.1) is 0 Å². The Morgan fingerprint density at radius 1 is 0.333 bits per heavy atom. The molecule has 0 saturated heterocycles. The fourth-order valence-electron chi connectivity index (χ4n) is 9.00. The van der Waals surface area contributed by atoms with Crippen molar-refractivity contribution in [3.63, 3.8) is 0 Å². The van der Waals surface area contributed by atoms with Gasteiger partial charge in [-0.2, -0.15) is 0 Å². The quantitative estimate of drug-likeness (QED) is 0.0319. The van der Waals surface area contributed by atoms with E-state index in [-0.39, 0.29) is 19.3 Å². The van der Waals surface area contributed by atoms with Crippen LogP contribution in [0, 0.1) is 0 Å². The fourth-order valence-corrected chi connectivity index (χ4v) is 9.00. The van der Waals surface area contributed by atoms with Crippen molar-refractivity contribution < 1.29 is 29.7 Å². The minimum absolute atomic E-state index is 0.0949. The molecule has 0 heterocycles. The molecule has 370 valence electrons. The molecule has 0 aromatic heterocycles. The third-order valence-electron chi connectivity index (χ3n) is 13.5. The van der Waals surface area contributed by atoms with Crippen molar-refractivity contribution in [2.75, 3.05) is 6.61 Å². The maximum absolute atomic E-state index is 13.8. The van der Waals surface area contributed by atoms with Crippen LogP contribution in [0.15, 0.2) is 24.3 Å². The summed E-state index contributed by atoms with van der Waals surface area (Å²) >= 11 is 0. The Hall–Kier alpha value is -1.63. The molecular weight excluding hydrogens is 781 g/mol. The Morgan fingerprint density at radius 2 is 0.571 bits per heavy atom. The van der Waals surface area contributed by atoms with E-state index >= 15 is 0 Å². The van der Waals surface area contributed by atoms with Crippen LogP contribution in [0.3, 0.4) is 0 Å². The molecule has 6 nitrogen and oxygen atoms in total. The SMILES string of the molecule is CCCCCC=CCC=CCCCCCCCC(=O)C(O)(CO)C(O)(C(=O)CCCCCCCCCCCCCCCCC)C(=O)CCCCCCCCCCCCCCCCC. The molecular formula is C57H106O6. The van der Waals surface area contributed by atoms with E-state index in [0.29, 0.717) is 19.3 Å². The molecule has 0 aromatic rings. The van der Waals surface area contributed by atoms with Crippen LogP contribution in [0.1, 0.15) is 303 Å². The number of unbranched alkanes of at least 4 members (excludes halogenated alkanes) is 36. The van der Waals surface area contributed by atoms with Crippen LogP contribution < -0.4 is 0 Å². The van der Waals surface area contributed by atoms with E-state index in [2.05, 4.69) is 45.1 Å². The van der Waals surface area contributed by atoms with Crippen molar-refractivity contribution in [2.45, 2.75) is 314 Å². The maximum atomic E-state index is 13.8. The summed E-state index contributed by atoms with van der Waals surface area (Å²) in [6.45, 7) is 5.58. The zero-order chi connectivity index (χ0) is 46.4. The molecule has 1 unspecified atom stereocenters. The minimum atomic E-state index is -2.93. The largest absolute Gasteiger partial charge is 0.393 e. The molecule has 6 heteroatoms. The van der Waals surface area contributed by atoms with Crippen molar-refractivity contribution in [1.82, 2.24) is 0 Å². The summed E-state index contributed by atoms with van der Waals surface area (Å²) in [4.78, 5) is 41.3. The van der Waals surface area contributed by atoms with Crippen LogP contribution >= 0.6 is 0 Å². The first kappa shape index (κ1) is 61.4. The van der Waals surface area contributed by atoms with E-state index in [9.17, 15) is 29.7 Å². The normalized spacial score (nSPS) is 13.1. The molecule has 1 atom stereocenters. The lowest BCUT2D eigenvalue weighted by Gasteiger charge is -2.39. The Morgan fingerprint density at radius 3 is 0.873 bits per heavy atom. The van der Waals surface area contributed by atoms with E-state index in [1.807, 2.05) is 0 Å². The molecule has 0 bridgehead atoms. The highest BCUT2D eigenvalue weighted by Gasteiger charge is 2.62. The zero-order valence-corrected chi connectivity index (χ0v) is 42.2. The van der Waals surface area contributed by atoms with Crippen LogP contribution in [-0.4, -0.2) is 50.5 Å². The molecule has 0 aliphatic rings. The van der Waals surface area contributed by atoms with Crippen molar-refractivity contribution in [3.8, 4) is 0 Å². The summed E-state index contributed by atoms with van der Waals surface area (Å²) in [5, 5.41) is 34.1. The zero-order valence-electron chi connectivity index (χ0n) is 42.2. The predicted octanol–water partition coefficient (Wildman–Crippen LogP) is 16.5. The molecule has 3 N–H and O–H groups in total. The number of Topliss-reactive ketones (excluding diaryl/α,β-unsaturated/α-hetero) is 3. The lowest BCUT2D eigenvalue weighted by molar-refractivity contribution is -0.194. The number of rotatable bonds is 51. The Labute approximate surface area is 391 Å². The van der Waals surface area contributed by atoms with Gasteiger partial charge in [0.05, 0.1) is 6.61 Å². The van der Waals surface area contributed by atoms with Crippen LogP contribution in [0.4, 0.5) is 0 Å². The summed E-state index contributed by atoms with van der Waals surface area (Å²) < 4.78 is 0. The van der Waals surface area contributed by atoms with E-state index in [1.165, 1.54) is 161 Å². The maximum Gasteiger partial charge on any atom is 0.219 e. The fraction of sp³-hybridized carbons (Fsp3) is 0.877. The van der Waals surface area contributed by atoms with Gasteiger partial charge in [0.1, 0.15) is 0 Å². The average Bonchev–Trinajstić information content (AvgIpc) is 3.29. The molecule has 0 aliphatic carbocycles. The number of aliphatic hydroxyl groups excluding tert-OH is 1. The number of hydrogen-bond donors (Lipinski definition) is 3. The second kappa shape index (κ2) is 45.5. The Balaban J connectivity index is 4.92. The van der Waals surface area contributed by atoms with Gasteiger partial charge in [0, 0.05) is 19.3 Å². The van der Waals surface area contributed by atoms with Gasteiger partial charge in [0.15, 0.2) is 23.0 Å². The van der Waals surface area contributed by atoms with Gasteiger partial charge in [-0.25, -0.2) is 0 Å². The molecule has 0 amide bonds. The average molecular weight is 887 g/mol. The van der Waals surface area contributed by atoms with Crippen molar-refractivity contribution in [2.24, 2.45) is 0 Å². The molecule has 0 saturated carbocycles. The predicted molar refractivity (Wildman–Crippen MR) is 270 cm³/mol. The monoisotopic (exact) mass is 887 g/mol.